The quantitative estimate of drug-likeness (QED) is 0.510. The van der Waals surface area contributed by atoms with E-state index in [4.69, 9.17) is 23.7 Å². The van der Waals surface area contributed by atoms with Crippen molar-refractivity contribution >= 4 is 0 Å². The van der Waals surface area contributed by atoms with Crippen molar-refractivity contribution in [1.29, 1.82) is 0 Å². The van der Waals surface area contributed by atoms with Crippen molar-refractivity contribution in [2.24, 2.45) is 0 Å². The number of benzene rings is 1. The van der Waals surface area contributed by atoms with Gasteiger partial charge in [0.2, 0.25) is 0 Å². The zero-order valence-electron chi connectivity index (χ0n) is 12.0. The molecule has 0 N–H and O–H groups in total. The van der Waals surface area contributed by atoms with E-state index in [1.807, 2.05) is 26.8 Å². The van der Waals surface area contributed by atoms with Gasteiger partial charge < -0.3 is 23.7 Å². The monoisotopic (exact) mass is 270 g/mol. The van der Waals surface area contributed by atoms with Crippen LogP contribution in [0.15, 0.2) is 12.1 Å². The molecule has 0 amide bonds. The van der Waals surface area contributed by atoms with Crippen LogP contribution in [0.4, 0.5) is 0 Å². The second kappa shape index (κ2) is 8.61. The molecule has 0 saturated carbocycles. The van der Waals surface area contributed by atoms with Crippen LogP contribution in [-0.4, -0.2) is 33.9 Å². The topological polar surface area (TPSA) is 46.2 Å². The van der Waals surface area contributed by atoms with E-state index in [0.717, 1.165) is 5.56 Å². The molecule has 5 heteroatoms. The second-order valence-electron chi connectivity index (χ2n) is 3.73. The van der Waals surface area contributed by atoms with Crippen LogP contribution in [0, 0.1) is 6.92 Å². The van der Waals surface area contributed by atoms with Gasteiger partial charge in [0.25, 0.3) is 0 Å². The van der Waals surface area contributed by atoms with E-state index in [1.165, 1.54) is 0 Å². The molecule has 0 aliphatic rings. The maximum atomic E-state index is 5.58. The van der Waals surface area contributed by atoms with Crippen LogP contribution in [0.5, 0.6) is 17.2 Å². The molecule has 0 fully saturated rings. The van der Waals surface area contributed by atoms with Crippen LogP contribution < -0.4 is 14.2 Å². The molecule has 0 unspecified atom stereocenters. The van der Waals surface area contributed by atoms with Gasteiger partial charge in [-0.25, -0.2) is 0 Å². The Balaban J connectivity index is 2.81. The Bertz CT molecular complexity index is 378. The molecule has 1 rings (SSSR count). The van der Waals surface area contributed by atoms with Crippen molar-refractivity contribution in [3.05, 3.63) is 17.7 Å². The first-order chi connectivity index (χ1) is 9.24. The average molecular weight is 270 g/mol. The van der Waals surface area contributed by atoms with Crippen LogP contribution in [0.3, 0.4) is 0 Å². The Morgan fingerprint density at radius 3 is 2.05 bits per heavy atom. The highest BCUT2D eigenvalue weighted by molar-refractivity contribution is 5.53. The van der Waals surface area contributed by atoms with Crippen molar-refractivity contribution in [1.82, 2.24) is 0 Å². The third-order valence-electron chi connectivity index (χ3n) is 2.53. The largest absolute Gasteiger partial charge is 0.493 e. The molecule has 0 heterocycles. The fraction of sp³-hybridized carbons (Fsp3) is 0.571. The Morgan fingerprint density at radius 1 is 0.895 bits per heavy atom. The standard InChI is InChI=1S/C14H22O5/c1-5-16-9-18-12-7-8-13(15-4)14(11(12)3)19-10-17-6-2/h7-8H,5-6,9-10H2,1-4H3. The second-order valence-corrected chi connectivity index (χ2v) is 3.73. The van der Waals surface area contributed by atoms with Crippen LogP contribution in [-0.2, 0) is 9.47 Å². The van der Waals surface area contributed by atoms with Gasteiger partial charge in [0.05, 0.1) is 7.11 Å². The highest BCUT2D eigenvalue weighted by atomic mass is 16.7. The van der Waals surface area contributed by atoms with Crippen LogP contribution in [0.25, 0.3) is 0 Å². The summed E-state index contributed by atoms with van der Waals surface area (Å²) in [5.74, 6) is 1.99. The van der Waals surface area contributed by atoms with Crippen molar-refractivity contribution < 1.29 is 23.7 Å². The van der Waals surface area contributed by atoms with E-state index >= 15 is 0 Å². The van der Waals surface area contributed by atoms with Crippen LogP contribution >= 0.6 is 0 Å². The number of hydrogen-bond acceptors (Lipinski definition) is 5. The summed E-state index contributed by atoms with van der Waals surface area (Å²) in [6.07, 6.45) is 0. The van der Waals surface area contributed by atoms with Crippen molar-refractivity contribution in [3.8, 4) is 17.2 Å². The lowest BCUT2D eigenvalue weighted by atomic mass is 10.2. The summed E-state index contributed by atoms with van der Waals surface area (Å²) in [7, 11) is 1.60. The smallest absolute Gasteiger partial charge is 0.189 e. The molecular formula is C14H22O5. The van der Waals surface area contributed by atoms with Gasteiger partial charge in [0, 0.05) is 18.8 Å². The van der Waals surface area contributed by atoms with Gasteiger partial charge in [-0.3, -0.25) is 0 Å². The summed E-state index contributed by atoms with van der Waals surface area (Å²) in [4.78, 5) is 0. The summed E-state index contributed by atoms with van der Waals surface area (Å²) in [5.41, 5.74) is 0.860. The van der Waals surface area contributed by atoms with Gasteiger partial charge in [-0.1, -0.05) is 0 Å². The lowest BCUT2D eigenvalue weighted by Crippen LogP contribution is -2.07. The zero-order chi connectivity index (χ0) is 14.1. The van der Waals surface area contributed by atoms with E-state index in [-0.39, 0.29) is 13.6 Å². The molecule has 0 spiro atoms. The summed E-state index contributed by atoms with van der Waals surface area (Å²) in [6.45, 7) is 7.35. The summed E-state index contributed by atoms with van der Waals surface area (Å²) < 4.78 is 26.7. The first kappa shape index (κ1) is 15.6. The minimum absolute atomic E-state index is 0.183. The van der Waals surface area contributed by atoms with Crippen LogP contribution in [0.2, 0.25) is 0 Å². The normalized spacial score (nSPS) is 10.3. The van der Waals surface area contributed by atoms with Gasteiger partial charge in [0.1, 0.15) is 5.75 Å². The Hall–Kier alpha value is -1.46. The molecule has 0 atom stereocenters. The van der Waals surface area contributed by atoms with Crippen LogP contribution in [0.1, 0.15) is 19.4 Å². The molecule has 1 aromatic carbocycles. The highest BCUT2D eigenvalue weighted by Crippen LogP contribution is 2.36. The Labute approximate surface area is 114 Å². The lowest BCUT2D eigenvalue weighted by molar-refractivity contribution is 0.0163. The SMILES string of the molecule is CCOCOc1ccc(OC)c(OCOCC)c1C. The number of hydrogen-bond donors (Lipinski definition) is 0. The maximum absolute atomic E-state index is 5.58. The summed E-state index contributed by atoms with van der Waals surface area (Å²) in [5, 5.41) is 0. The molecule has 0 aromatic heterocycles. The molecule has 5 nitrogen and oxygen atoms in total. The average Bonchev–Trinajstić information content (AvgIpc) is 2.42. The van der Waals surface area contributed by atoms with Gasteiger partial charge in [-0.2, -0.15) is 0 Å². The Morgan fingerprint density at radius 2 is 1.47 bits per heavy atom. The number of methoxy groups -OCH3 is 1. The third-order valence-corrected chi connectivity index (χ3v) is 2.53. The molecule has 1 aromatic rings. The first-order valence-electron chi connectivity index (χ1n) is 6.33. The fourth-order valence-electron chi connectivity index (χ4n) is 1.52. The summed E-state index contributed by atoms with van der Waals surface area (Å²) >= 11 is 0. The minimum atomic E-state index is 0.183. The first-order valence-corrected chi connectivity index (χ1v) is 6.33. The molecular weight excluding hydrogens is 248 g/mol. The van der Waals surface area contributed by atoms with E-state index in [0.29, 0.717) is 30.5 Å². The van der Waals surface area contributed by atoms with E-state index in [9.17, 15) is 0 Å². The van der Waals surface area contributed by atoms with Crippen molar-refractivity contribution in [2.45, 2.75) is 20.8 Å². The molecule has 0 radical (unpaired) electrons. The molecule has 108 valence electrons. The predicted molar refractivity (Wildman–Crippen MR) is 72.0 cm³/mol. The predicted octanol–water partition coefficient (Wildman–Crippen LogP) is 2.75. The van der Waals surface area contributed by atoms with E-state index < -0.39 is 0 Å². The van der Waals surface area contributed by atoms with E-state index in [1.54, 1.807) is 13.2 Å². The maximum Gasteiger partial charge on any atom is 0.189 e. The van der Waals surface area contributed by atoms with E-state index in [2.05, 4.69) is 0 Å². The molecule has 0 aliphatic heterocycles. The molecule has 0 saturated heterocycles. The zero-order valence-corrected chi connectivity index (χ0v) is 12.0. The Kier molecular flexibility index (Phi) is 7.07. The van der Waals surface area contributed by atoms with Gasteiger partial charge in [-0.15, -0.1) is 0 Å². The van der Waals surface area contributed by atoms with Crippen molar-refractivity contribution in [3.63, 3.8) is 0 Å². The minimum Gasteiger partial charge on any atom is -0.493 e. The highest BCUT2D eigenvalue weighted by Gasteiger charge is 2.13. The lowest BCUT2D eigenvalue weighted by Gasteiger charge is -2.16. The molecule has 0 bridgehead atoms. The van der Waals surface area contributed by atoms with Gasteiger partial charge >= 0.3 is 0 Å². The number of rotatable bonds is 9. The fourth-order valence-corrected chi connectivity index (χ4v) is 1.52. The molecule has 19 heavy (non-hydrogen) atoms. The molecule has 0 aliphatic carbocycles. The number of ether oxygens (including phenoxy) is 5. The summed E-state index contributed by atoms with van der Waals surface area (Å²) in [6, 6.07) is 3.64. The third kappa shape index (κ3) is 4.61. The van der Waals surface area contributed by atoms with Crippen molar-refractivity contribution in [2.75, 3.05) is 33.9 Å². The van der Waals surface area contributed by atoms with Gasteiger partial charge in [-0.05, 0) is 32.9 Å². The van der Waals surface area contributed by atoms with Gasteiger partial charge in [0.15, 0.2) is 25.1 Å².